The van der Waals surface area contributed by atoms with Crippen molar-refractivity contribution in [1.82, 2.24) is 0 Å². The standard InChI is InChI=1S/C2H7NO.C2H6/c3-1-2-4;1-2/h4H,1-3H2;1-2H3. The van der Waals surface area contributed by atoms with Gasteiger partial charge in [0, 0.05) is 6.54 Å². The molecule has 0 aromatic heterocycles. The minimum absolute atomic E-state index is 0.0972. The predicted molar refractivity (Wildman–Crippen MR) is 27.5 cm³/mol. The number of aliphatic hydroxyl groups is 1. The summed E-state index contributed by atoms with van der Waals surface area (Å²) in [5.74, 6) is 0. The first-order chi connectivity index (χ1) is 2.91. The van der Waals surface area contributed by atoms with E-state index in [0.717, 1.165) is 0 Å². The fourth-order valence-corrected chi connectivity index (χ4v) is 0. The van der Waals surface area contributed by atoms with Gasteiger partial charge in [0.05, 0.1) is 6.61 Å². The third-order valence-corrected chi connectivity index (χ3v) is 0.129. The Morgan fingerprint density at radius 3 is 1.67 bits per heavy atom. The molecule has 0 amide bonds. The van der Waals surface area contributed by atoms with Gasteiger partial charge in [-0.25, -0.2) is 0 Å². The van der Waals surface area contributed by atoms with Crippen LogP contribution in [0.2, 0.25) is 0 Å². The molecule has 0 saturated heterocycles. The maximum absolute atomic E-state index is 7.75. The number of aliphatic hydroxyl groups excluding tert-OH is 1. The molecule has 0 aliphatic heterocycles. The highest BCUT2D eigenvalue weighted by molar-refractivity contribution is 4.17. The monoisotopic (exact) mass is 91.1 g/mol. The van der Waals surface area contributed by atoms with E-state index >= 15 is 0 Å². The Bertz CT molecular complexity index is 9.51. The van der Waals surface area contributed by atoms with Crippen molar-refractivity contribution in [2.75, 3.05) is 13.2 Å². The molecule has 0 bridgehead atoms. The number of hydrogen-bond donors (Lipinski definition) is 2. The molecule has 0 fully saturated rings. The van der Waals surface area contributed by atoms with Crippen LogP contribution in [-0.4, -0.2) is 18.3 Å². The van der Waals surface area contributed by atoms with Gasteiger partial charge in [0.1, 0.15) is 0 Å². The van der Waals surface area contributed by atoms with Crippen LogP contribution in [0.5, 0.6) is 0 Å². The summed E-state index contributed by atoms with van der Waals surface area (Å²) in [6.45, 7) is 4.47. The molecule has 0 spiro atoms. The lowest BCUT2D eigenvalue weighted by molar-refractivity contribution is 0.306. The summed E-state index contributed by atoms with van der Waals surface area (Å²) >= 11 is 0. The van der Waals surface area contributed by atoms with E-state index in [-0.39, 0.29) is 6.61 Å². The molecular formula is C4H13NO. The SMILES string of the molecule is CC.NCCO. The Labute approximate surface area is 39.0 Å². The molecule has 3 N–H and O–H groups in total. The van der Waals surface area contributed by atoms with Crippen LogP contribution < -0.4 is 5.73 Å². The fourth-order valence-electron chi connectivity index (χ4n) is 0. The van der Waals surface area contributed by atoms with E-state index < -0.39 is 0 Å². The van der Waals surface area contributed by atoms with E-state index in [0.29, 0.717) is 6.54 Å². The molecule has 0 unspecified atom stereocenters. The third-order valence-electron chi connectivity index (χ3n) is 0.129. The van der Waals surface area contributed by atoms with Crippen molar-refractivity contribution in [3.05, 3.63) is 0 Å². The second-order valence-electron chi connectivity index (χ2n) is 0.512. The van der Waals surface area contributed by atoms with Crippen molar-refractivity contribution < 1.29 is 5.11 Å². The Hall–Kier alpha value is -0.0800. The Morgan fingerprint density at radius 2 is 1.67 bits per heavy atom. The molecule has 0 heterocycles. The predicted octanol–water partition coefficient (Wildman–Crippen LogP) is -0.0364. The van der Waals surface area contributed by atoms with E-state index in [1.807, 2.05) is 13.8 Å². The summed E-state index contributed by atoms with van der Waals surface area (Å²) in [6.07, 6.45) is 0. The normalized spacial score (nSPS) is 6.00. The van der Waals surface area contributed by atoms with Crippen molar-refractivity contribution in [2.24, 2.45) is 5.73 Å². The zero-order valence-corrected chi connectivity index (χ0v) is 4.44. The zero-order valence-electron chi connectivity index (χ0n) is 4.44. The molecule has 0 saturated carbocycles. The van der Waals surface area contributed by atoms with Gasteiger partial charge in [-0.1, -0.05) is 13.8 Å². The fraction of sp³-hybridized carbons (Fsp3) is 1.00. The van der Waals surface area contributed by atoms with Gasteiger partial charge in [-0.3, -0.25) is 0 Å². The molecule has 0 aliphatic rings. The van der Waals surface area contributed by atoms with Crippen LogP contribution in [0.3, 0.4) is 0 Å². The highest BCUT2D eigenvalue weighted by Gasteiger charge is 1.56. The second kappa shape index (κ2) is 20.5. The molecule has 0 aliphatic carbocycles. The first kappa shape index (κ1) is 9.33. The summed E-state index contributed by atoms with van der Waals surface area (Å²) < 4.78 is 0. The molecule has 0 aromatic rings. The lowest BCUT2D eigenvalue weighted by atomic mass is 10.8. The largest absolute Gasteiger partial charge is 0.395 e. The van der Waals surface area contributed by atoms with Crippen LogP contribution in [0.25, 0.3) is 0 Å². The van der Waals surface area contributed by atoms with Crippen molar-refractivity contribution in [2.45, 2.75) is 13.8 Å². The average molecular weight is 91.2 g/mol. The lowest BCUT2D eigenvalue weighted by Crippen LogP contribution is -2.02. The van der Waals surface area contributed by atoms with Crippen LogP contribution in [-0.2, 0) is 0 Å². The van der Waals surface area contributed by atoms with Crippen LogP contribution >= 0.6 is 0 Å². The summed E-state index contributed by atoms with van der Waals surface area (Å²) in [5.41, 5.74) is 4.78. The molecule has 2 heteroatoms. The van der Waals surface area contributed by atoms with Gasteiger partial charge in [-0.05, 0) is 0 Å². The average Bonchev–Trinajstić information content (AvgIpc) is 1.72. The van der Waals surface area contributed by atoms with Crippen molar-refractivity contribution in [3.8, 4) is 0 Å². The molecule has 2 nitrogen and oxygen atoms in total. The van der Waals surface area contributed by atoms with Crippen LogP contribution in [0.15, 0.2) is 0 Å². The quantitative estimate of drug-likeness (QED) is 0.476. The first-order valence-electron chi connectivity index (χ1n) is 2.22. The van der Waals surface area contributed by atoms with Crippen molar-refractivity contribution in [1.29, 1.82) is 0 Å². The highest BCUT2D eigenvalue weighted by atomic mass is 16.3. The van der Waals surface area contributed by atoms with Gasteiger partial charge in [-0.2, -0.15) is 0 Å². The number of nitrogens with two attached hydrogens (primary N) is 1. The van der Waals surface area contributed by atoms with Crippen LogP contribution in [0, 0.1) is 0 Å². The summed E-state index contributed by atoms with van der Waals surface area (Å²) in [4.78, 5) is 0. The van der Waals surface area contributed by atoms with Crippen molar-refractivity contribution in [3.63, 3.8) is 0 Å². The van der Waals surface area contributed by atoms with Gasteiger partial charge in [0.25, 0.3) is 0 Å². The Morgan fingerprint density at radius 1 is 1.50 bits per heavy atom. The van der Waals surface area contributed by atoms with E-state index in [1.54, 1.807) is 0 Å². The minimum atomic E-state index is 0.0972. The summed E-state index contributed by atoms with van der Waals surface area (Å²) in [6, 6.07) is 0. The second-order valence-corrected chi connectivity index (χ2v) is 0.512. The van der Waals surface area contributed by atoms with E-state index in [9.17, 15) is 0 Å². The van der Waals surface area contributed by atoms with E-state index in [2.05, 4.69) is 0 Å². The Balaban J connectivity index is 0. The smallest absolute Gasteiger partial charge is 0.0553 e. The third kappa shape index (κ3) is 39.5. The van der Waals surface area contributed by atoms with E-state index in [1.165, 1.54) is 0 Å². The summed E-state index contributed by atoms with van der Waals surface area (Å²) in [5, 5.41) is 7.75. The number of rotatable bonds is 1. The molecule has 0 aromatic carbocycles. The maximum atomic E-state index is 7.75. The van der Waals surface area contributed by atoms with Gasteiger partial charge < -0.3 is 10.8 Å². The van der Waals surface area contributed by atoms with Crippen LogP contribution in [0.1, 0.15) is 13.8 Å². The van der Waals surface area contributed by atoms with Crippen LogP contribution in [0.4, 0.5) is 0 Å². The highest BCUT2D eigenvalue weighted by Crippen LogP contribution is 1.33. The maximum Gasteiger partial charge on any atom is 0.0553 e. The lowest BCUT2D eigenvalue weighted by Gasteiger charge is -1.71. The first-order valence-corrected chi connectivity index (χ1v) is 2.22. The minimum Gasteiger partial charge on any atom is -0.395 e. The van der Waals surface area contributed by atoms with Gasteiger partial charge >= 0.3 is 0 Å². The molecule has 0 radical (unpaired) electrons. The van der Waals surface area contributed by atoms with Gasteiger partial charge in [-0.15, -0.1) is 0 Å². The molecule has 0 atom stereocenters. The Kier molecular flexibility index (Phi) is 31.9. The van der Waals surface area contributed by atoms with Gasteiger partial charge in [0.2, 0.25) is 0 Å². The number of hydrogen-bond acceptors (Lipinski definition) is 2. The van der Waals surface area contributed by atoms with E-state index in [4.69, 9.17) is 10.8 Å². The molecule has 40 valence electrons. The molecule has 0 rings (SSSR count). The summed E-state index contributed by atoms with van der Waals surface area (Å²) in [7, 11) is 0. The zero-order chi connectivity index (χ0) is 5.41. The molecular weight excluding hydrogens is 78.0 g/mol. The topological polar surface area (TPSA) is 46.2 Å². The van der Waals surface area contributed by atoms with Gasteiger partial charge in [0.15, 0.2) is 0 Å². The van der Waals surface area contributed by atoms with Crippen molar-refractivity contribution >= 4 is 0 Å². The molecule has 6 heavy (non-hydrogen) atoms.